The topological polar surface area (TPSA) is 64.3 Å². The van der Waals surface area contributed by atoms with Gasteiger partial charge < -0.3 is 15.8 Å². The van der Waals surface area contributed by atoms with Gasteiger partial charge in [0.25, 0.3) is 0 Å². The summed E-state index contributed by atoms with van der Waals surface area (Å²) in [5, 5.41) is 2.98. The second-order valence-electron chi connectivity index (χ2n) is 8.40. The van der Waals surface area contributed by atoms with Crippen molar-refractivity contribution in [2.75, 3.05) is 6.54 Å². The van der Waals surface area contributed by atoms with Crippen LogP contribution in [0.15, 0.2) is 66.7 Å². The first kappa shape index (κ1) is 28.0. The molecule has 0 saturated carbocycles. The molecule has 3 N–H and O–H groups in total. The van der Waals surface area contributed by atoms with Crippen LogP contribution in [0, 0.1) is 12.7 Å². The number of halogens is 7. The van der Waals surface area contributed by atoms with Gasteiger partial charge in [-0.05, 0) is 60.8 Å². The number of nitrogens with two attached hydrogens (primary N) is 1. The quantitative estimate of drug-likeness (QED) is 0.317. The maximum Gasteiger partial charge on any atom is 0.573 e. The fourth-order valence-corrected chi connectivity index (χ4v) is 3.88. The highest BCUT2D eigenvalue weighted by molar-refractivity contribution is 5.81. The molecular formula is C26H23F7N2O2. The van der Waals surface area contributed by atoms with Gasteiger partial charge in [-0.3, -0.25) is 4.79 Å². The van der Waals surface area contributed by atoms with Crippen molar-refractivity contribution in [3.05, 3.63) is 100 Å². The third-order valence-corrected chi connectivity index (χ3v) is 5.70. The summed E-state index contributed by atoms with van der Waals surface area (Å²) in [7, 11) is 0. The van der Waals surface area contributed by atoms with Crippen molar-refractivity contribution in [3.63, 3.8) is 0 Å². The van der Waals surface area contributed by atoms with Gasteiger partial charge in [0.05, 0.1) is 5.56 Å². The predicted octanol–water partition coefficient (Wildman–Crippen LogP) is 6.39. The largest absolute Gasteiger partial charge is 0.573 e. The van der Waals surface area contributed by atoms with E-state index in [1.54, 1.807) is 24.3 Å². The molecule has 3 aromatic rings. The van der Waals surface area contributed by atoms with E-state index in [2.05, 4.69) is 10.1 Å². The highest BCUT2D eigenvalue weighted by Gasteiger charge is 2.33. The normalized spacial score (nSPS) is 13.7. The van der Waals surface area contributed by atoms with Gasteiger partial charge in [-0.15, -0.1) is 13.2 Å². The Kier molecular flexibility index (Phi) is 8.47. The van der Waals surface area contributed by atoms with Crippen molar-refractivity contribution in [1.29, 1.82) is 0 Å². The minimum Gasteiger partial charge on any atom is -0.403 e. The number of aryl methyl sites for hydroxylation is 1. The minimum absolute atomic E-state index is 0.0972. The molecule has 3 rings (SSSR count). The molecule has 0 aliphatic carbocycles. The summed E-state index contributed by atoms with van der Waals surface area (Å²) in [5.41, 5.74) is 6.69. The second kappa shape index (κ2) is 11.2. The molecule has 0 aliphatic rings. The standard InChI is InChI=1S/C26H23F7N2O2/c1-15-2-4-17(5-3-15)23(24(34)36)35-13-12-20(16-6-9-19(10-7-16)25(28,29)30)18-8-11-21(27)22(14-18)37-26(31,32)33/h2-11,14,20,23,35H,12-13H2,1H3,(H2,34,36)/t20-,23+/m1/s1. The fourth-order valence-electron chi connectivity index (χ4n) is 3.88. The number of hydrogen-bond donors (Lipinski definition) is 2. The van der Waals surface area contributed by atoms with Gasteiger partial charge >= 0.3 is 12.5 Å². The lowest BCUT2D eigenvalue weighted by atomic mass is 9.87. The Morgan fingerprint density at radius 1 is 0.892 bits per heavy atom. The summed E-state index contributed by atoms with van der Waals surface area (Å²) >= 11 is 0. The lowest BCUT2D eigenvalue weighted by Crippen LogP contribution is -2.34. The van der Waals surface area contributed by atoms with Gasteiger partial charge in [-0.25, -0.2) is 4.39 Å². The number of primary amides is 1. The van der Waals surface area contributed by atoms with Crippen LogP contribution < -0.4 is 15.8 Å². The first-order valence-electron chi connectivity index (χ1n) is 11.1. The van der Waals surface area contributed by atoms with Crippen LogP contribution in [0.1, 0.15) is 46.2 Å². The van der Waals surface area contributed by atoms with Crippen LogP contribution in [0.3, 0.4) is 0 Å². The van der Waals surface area contributed by atoms with E-state index >= 15 is 0 Å². The van der Waals surface area contributed by atoms with E-state index in [1.807, 2.05) is 6.92 Å². The summed E-state index contributed by atoms with van der Waals surface area (Å²) in [4.78, 5) is 12.0. The smallest absolute Gasteiger partial charge is 0.403 e. The number of benzene rings is 3. The van der Waals surface area contributed by atoms with E-state index in [-0.39, 0.29) is 18.5 Å². The molecule has 0 fully saturated rings. The Bertz CT molecular complexity index is 1210. The molecule has 4 nitrogen and oxygen atoms in total. The number of alkyl halides is 6. The molecule has 0 spiro atoms. The molecule has 2 atom stereocenters. The van der Waals surface area contributed by atoms with Crippen LogP contribution in [0.2, 0.25) is 0 Å². The lowest BCUT2D eigenvalue weighted by Gasteiger charge is -2.22. The van der Waals surface area contributed by atoms with Crippen molar-refractivity contribution >= 4 is 5.91 Å². The zero-order chi connectivity index (χ0) is 27.4. The highest BCUT2D eigenvalue weighted by atomic mass is 19.4. The minimum atomic E-state index is -5.15. The molecule has 0 saturated heterocycles. The number of carbonyl (C=O) groups is 1. The number of carbonyl (C=O) groups excluding carboxylic acids is 1. The van der Waals surface area contributed by atoms with E-state index in [1.165, 1.54) is 18.2 Å². The molecule has 0 aliphatic heterocycles. The maximum atomic E-state index is 14.0. The molecule has 0 heterocycles. The van der Waals surface area contributed by atoms with Gasteiger partial charge in [0, 0.05) is 5.92 Å². The van der Waals surface area contributed by atoms with Crippen LogP contribution in [0.25, 0.3) is 0 Å². The van der Waals surface area contributed by atoms with E-state index in [0.29, 0.717) is 11.1 Å². The SMILES string of the molecule is Cc1ccc([C@H](NCC[C@H](c2ccc(C(F)(F)F)cc2)c2ccc(F)c(OC(F)(F)F)c2)C(N)=O)cc1. The average Bonchev–Trinajstić information content (AvgIpc) is 2.80. The second-order valence-corrected chi connectivity index (χ2v) is 8.40. The van der Waals surface area contributed by atoms with Crippen molar-refractivity contribution in [2.24, 2.45) is 5.73 Å². The fraction of sp³-hybridized carbons (Fsp3) is 0.269. The summed E-state index contributed by atoms with van der Waals surface area (Å²) in [6.07, 6.45) is -9.60. The zero-order valence-electron chi connectivity index (χ0n) is 19.5. The van der Waals surface area contributed by atoms with Gasteiger partial charge in [0.1, 0.15) is 6.04 Å². The molecule has 0 radical (unpaired) electrons. The monoisotopic (exact) mass is 528 g/mol. The molecule has 0 unspecified atom stereocenters. The number of nitrogens with one attached hydrogen (secondary N) is 1. The summed E-state index contributed by atoms with van der Waals surface area (Å²) < 4.78 is 95.1. The molecule has 37 heavy (non-hydrogen) atoms. The molecule has 3 aromatic carbocycles. The highest BCUT2D eigenvalue weighted by Crippen LogP contribution is 2.35. The summed E-state index contributed by atoms with van der Waals surface area (Å²) in [5.74, 6) is -3.75. The Labute approximate surface area is 208 Å². The number of amides is 1. The van der Waals surface area contributed by atoms with Gasteiger partial charge in [0.15, 0.2) is 11.6 Å². The third kappa shape index (κ3) is 7.69. The zero-order valence-corrected chi connectivity index (χ0v) is 19.5. The number of rotatable bonds is 9. The summed E-state index contributed by atoms with van der Waals surface area (Å²) in [6.45, 7) is 1.96. The maximum absolute atomic E-state index is 14.0. The van der Waals surface area contributed by atoms with E-state index < -0.39 is 47.5 Å². The van der Waals surface area contributed by atoms with E-state index in [9.17, 15) is 35.5 Å². The molecule has 11 heteroatoms. The predicted molar refractivity (Wildman–Crippen MR) is 122 cm³/mol. The Morgan fingerprint density at radius 3 is 2.00 bits per heavy atom. The van der Waals surface area contributed by atoms with E-state index in [0.717, 1.165) is 29.8 Å². The third-order valence-electron chi connectivity index (χ3n) is 5.70. The van der Waals surface area contributed by atoms with Gasteiger partial charge in [-0.1, -0.05) is 48.0 Å². The average molecular weight is 528 g/mol. The van der Waals surface area contributed by atoms with Crippen molar-refractivity contribution in [2.45, 2.75) is 37.8 Å². The molecule has 1 amide bonds. The van der Waals surface area contributed by atoms with Gasteiger partial charge in [-0.2, -0.15) is 13.2 Å². The number of hydrogen-bond acceptors (Lipinski definition) is 3. The lowest BCUT2D eigenvalue weighted by molar-refractivity contribution is -0.275. The number of ether oxygens (including phenoxy) is 1. The van der Waals surface area contributed by atoms with Gasteiger partial charge in [0.2, 0.25) is 5.91 Å². The van der Waals surface area contributed by atoms with Crippen LogP contribution in [0.4, 0.5) is 30.7 Å². The van der Waals surface area contributed by atoms with Crippen molar-refractivity contribution in [1.82, 2.24) is 5.32 Å². The molecular weight excluding hydrogens is 505 g/mol. The van der Waals surface area contributed by atoms with Crippen LogP contribution in [-0.4, -0.2) is 18.8 Å². The van der Waals surface area contributed by atoms with Crippen LogP contribution in [0.5, 0.6) is 5.75 Å². The molecule has 198 valence electrons. The van der Waals surface area contributed by atoms with Crippen molar-refractivity contribution in [3.8, 4) is 5.75 Å². The van der Waals surface area contributed by atoms with Crippen LogP contribution in [-0.2, 0) is 11.0 Å². The molecule has 0 bridgehead atoms. The van der Waals surface area contributed by atoms with Crippen LogP contribution >= 0.6 is 0 Å². The Hall–Kier alpha value is -3.60. The first-order chi connectivity index (χ1) is 17.2. The Morgan fingerprint density at radius 2 is 1.46 bits per heavy atom. The summed E-state index contributed by atoms with van der Waals surface area (Å²) in [6, 6.07) is 13.1. The Balaban J connectivity index is 1.91. The van der Waals surface area contributed by atoms with Crippen molar-refractivity contribution < 1.29 is 40.3 Å². The molecule has 0 aromatic heterocycles. The first-order valence-corrected chi connectivity index (χ1v) is 11.1. The van der Waals surface area contributed by atoms with E-state index in [4.69, 9.17) is 5.73 Å².